The van der Waals surface area contributed by atoms with Crippen molar-refractivity contribution in [1.82, 2.24) is 0 Å². The number of carbonyl (C=O) groups excluding carboxylic acids is 3. The number of unbranched alkanes of at least 4 members (excludes halogenated alkanes) is 12. The summed E-state index contributed by atoms with van der Waals surface area (Å²) in [5, 5.41) is 9.62. The maximum absolute atomic E-state index is 12.1. The van der Waals surface area contributed by atoms with Crippen molar-refractivity contribution in [1.29, 1.82) is 0 Å². The molecule has 222 valence electrons. The summed E-state index contributed by atoms with van der Waals surface area (Å²) in [6.45, 7) is 1.21. The number of ether oxygens (including phenoxy) is 2. The Balaban J connectivity index is 4.08. The van der Waals surface area contributed by atoms with Crippen LogP contribution in [0, 0.1) is 0 Å². The fourth-order valence-corrected chi connectivity index (χ4v) is 4.17. The van der Waals surface area contributed by atoms with Gasteiger partial charge in [0.25, 0.3) is 0 Å². The molecule has 11 heteroatoms. The smallest absolute Gasteiger partial charge is 0.462 e. The SMILES string of the molecule is CCCCCCCCCCCCCCCC(=O)OC[C@H](COP(=O)(O)O)OC(=O)CCCC(O)/C=C/C=O. The van der Waals surface area contributed by atoms with Crippen molar-refractivity contribution in [3.05, 3.63) is 12.2 Å². The topological polar surface area (TPSA) is 157 Å². The van der Waals surface area contributed by atoms with E-state index in [2.05, 4.69) is 11.4 Å². The first-order valence-electron chi connectivity index (χ1n) is 14.0. The number of aliphatic hydroxyl groups excluding tert-OH is 1. The summed E-state index contributed by atoms with van der Waals surface area (Å²) in [6, 6.07) is 0. The van der Waals surface area contributed by atoms with Gasteiger partial charge in [-0.25, -0.2) is 4.57 Å². The zero-order valence-electron chi connectivity index (χ0n) is 23.0. The summed E-state index contributed by atoms with van der Waals surface area (Å²) in [5.74, 6) is -1.17. The Hall–Kier alpha value is -1.58. The van der Waals surface area contributed by atoms with Crippen molar-refractivity contribution >= 4 is 26.0 Å². The van der Waals surface area contributed by atoms with Gasteiger partial charge in [0.15, 0.2) is 6.10 Å². The number of phosphoric ester groups is 1. The van der Waals surface area contributed by atoms with Crippen LogP contribution in [0.3, 0.4) is 0 Å². The molecule has 0 bridgehead atoms. The number of hydrogen-bond acceptors (Lipinski definition) is 8. The molecule has 38 heavy (non-hydrogen) atoms. The van der Waals surface area contributed by atoms with Crippen LogP contribution in [0.15, 0.2) is 12.2 Å². The lowest BCUT2D eigenvalue weighted by Crippen LogP contribution is -2.29. The predicted octanol–water partition coefficient (Wildman–Crippen LogP) is 5.32. The van der Waals surface area contributed by atoms with Crippen LogP contribution in [0.25, 0.3) is 0 Å². The van der Waals surface area contributed by atoms with E-state index in [4.69, 9.17) is 19.3 Å². The number of hydrogen-bond donors (Lipinski definition) is 3. The Morgan fingerprint density at radius 2 is 1.32 bits per heavy atom. The molecule has 0 spiro atoms. The highest BCUT2D eigenvalue weighted by Crippen LogP contribution is 2.35. The minimum Gasteiger partial charge on any atom is -0.462 e. The van der Waals surface area contributed by atoms with Crippen molar-refractivity contribution in [3.63, 3.8) is 0 Å². The van der Waals surface area contributed by atoms with Gasteiger partial charge in [-0.2, -0.15) is 0 Å². The Morgan fingerprint density at radius 3 is 1.84 bits per heavy atom. The number of esters is 2. The number of aliphatic hydroxyl groups is 1. The zero-order chi connectivity index (χ0) is 28.5. The fraction of sp³-hybridized carbons (Fsp3) is 0.815. The van der Waals surface area contributed by atoms with Crippen LogP contribution in [-0.4, -0.2) is 58.5 Å². The van der Waals surface area contributed by atoms with Crippen LogP contribution < -0.4 is 0 Å². The minimum atomic E-state index is -4.80. The Labute approximate surface area is 227 Å². The number of allylic oxidation sites excluding steroid dienone is 1. The maximum Gasteiger partial charge on any atom is 0.469 e. The second kappa shape index (κ2) is 24.5. The summed E-state index contributed by atoms with van der Waals surface area (Å²) in [7, 11) is -4.80. The van der Waals surface area contributed by atoms with Crippen LogP contribution in [0.1, 0.15) is 116 Å². The molecule has 0 heterocycles. The molecule has 10 nitrogen and oxygen atoms in total. The van der Waals surface area contributed by atoms with Crippen LogP contribution in [0.5, 0.6) is 0 Å². The third-order valence-electron chi connectivity index (χ3n) is 5.93. The average Bonchev–Trinajstić information content (AvgIpc) is 2.86. The molecule has 0 rings (SSSR count). The molecule has 0 aliphatic heterocycles. The first kappa shape index (κ1) is 36.4. The van der Waals surface area contributed by atoms with Crippen LogP contribution in [0.2, 0.25) is 0 Å². The van der Waals surface area contributed by atoms with Crippen molar-refractivity contribution in [2.75, 3.05) is 13.2 Å². The zero-order valence-corrected chi connectivity index (χ0v) is 23.9. The molecule has 0 aliphatic carbocycles. The predicted molar refractivity (Wildman–Crippen MR) is 144 cm³/mol. The molecule has 0 aromatic carbocycles. The van der Waals surface area contributed by atoms with Crippen LogP contribution >= 0.6 is 7.82 Å². The molecule has 0 aromatic heterocycles. The number of phosphoric acid groups is 1. The lowest BCUT2D eigenvalue weighted by atomic mass is 10.0. The van der Waals surface area contributed by atoms with Gasteiger partial charge in [-0.3, -0.25) is 18.9 Å². The summed E-state index contributed by atoms with van der Waals surface area (Å²) >= 11 is 0. The highest BCUT2D eigenvalue weighted by Gasteiger charge is 2.23. The third-order valence-corrected chi connectivity index (χ3v) is 6.42. The van der Waals surface area contributed by atoms with Gasteiger partial charge in [0.2, 0.25) is 0 Å². The molecule has 3 N–H and O–H groups in total. The molecule has 0 fully saturated rings. The van der Waals surface area contributed by atoms with Gasteiger partial charge in [-0.05, 0) is 25.3 Å². The molecule has 0 aromatic rings. The number of rotatable bonds is 26. The highest BCUT2D eigenvalue weighted by atomic mass is 31.2. The summed E-state index contributed by atoms with van der Waals surface area (Å²) < 4.78 is 25.7. The third kappa shape index (κ3) is 26.0. The number of aldehydes is 1. The Bertz CT molecular complexity index is 691. The summed E-state index contributed by atoms with van der Waals surface area (Å²) in [6.07, 6.45) is 17.0. The first-order chi connectivity index (χ1) is 18.2. The Kier molecular flexibility index (Phi) is 23.4. The molecule has 0 amide bonds. The second-order valence-electron chi connectivity index (χ2n) is 9.55. The largest absolute Gasteiger partial charge is 0.469 e. The highest BCUT2D eigenvalue weighted by molar-refractivity contribution is 7.46. The monoisotopic (exact) mass is 564 g/mol. The van der Waals surface area contributed by atoms with E-state index >= 15 is 0 Å². The summed E-state index contributed by atoms with van der Waals surface area (Å²) in [4.78, 5) is 52.2. The molecule has 0 saturated carbocycles. The standard InChI is InChI=1S/C27H49O10P/c1-2-3-4-5-6-7-8-9-10-11-12-13-14-19-26(30)35-22-25(23-36-38(32,33)34)37-27(31)20-15-17-24(29)18-16-21-28/h16,18,21,24-25,29H,2-15,17,19-20,22-23H2,1H3,(H2,32,33,34)/b18-16+/t24?,25-/m1/s1. The maximum atomic E-state index is 12.1. The van der Waals surface area contributed by atoms with Crippen LogP contribution in [-0.2, 0) is 32.9 Å². The van der Waals surface area contributed by atoms with Gasteiger partial charge in [-0.15, -0.1) is 0 Å². The van der Waals surface area contributed by atoms with E-state index in [0.717, 1.165) is 25.3 Å². The molecule has 1 unspecified atom stereocenters. The van der Waals surface area contributed by atoms with Gasteiger partial charge in [0.1, 0.15) is 12.9 Å². The lowest BCUT2D eigenvalue weighted by molar-refractivity contribution is -0.161. The Morgan fingerprint density at radius 1 is 0.789 bits per heavy atom. The normalized spacial score (nSPS) is 13.4. The van der Waals surface area contributed by atoms with Gasteiger partial charge in [0, 0.05) is 12.8 Å². The molecule has 0 radical (unpaired) electrons. The quantitative estimate of drug-likeness (QED) is 0.0413. The van der Waals surface area contributed by atoms with E-state index < -0.39 is 38.6 Å². The van der Waals surface area contributed by atoms with Gasteiger partial charge in [-0.1, -0.05) is 90.0 Å². The van der Waals surface area contributed by atoms with Gasteiger partial charge in [0.05, 0.1) is 12.7 Å². The first-order valence-corrected chi connectivity index (χ1v) is 15.6. The van der Waals surface area contributed by atoms with E-state index in [1.54, 1.807) is 0 Å². The average molecular weight is 565 g/mol. The van der Waals surface area contributed by atoms with Crippen molar-refractivity contribution in [3.8, 4) is 0 Å². The lowest BCUT2D eigenvalue weighted by Gasteiger charge is -2.18. The van der Waals surface area contributed by atoms with E-state index in [1.807, 2.05) is 0 Å². The second-order valence-corrected chi connectivity index (χ2v) is 10.8. The van der Waals surface area contributed by atoms with Gasteiger partial charge < -0.3 is 24.4 Å². The summed E-state index contributed by atoms with van der Waals surface area (Å²) in [5.41, 5.74) is 0. The van der Waals surface area contributed by atoms with E-state index in [9.17, 15) is 24.1 Å². The fourth-order valence-electron chi connectivity index (χ4n) is 3.81. The molecular weight excluding hydrogens is 515 g/mol. The van der Waals surface area contributed by atoms with E-state index in [-0.39, 0.29) is 32.3 Å². The molecule has 0 saturated heterocycles. The van der Waals surface area contributed by atoms with Crippen LogP contribution in [0.4, 0.5) is 0 Å². The minimum absolute atomic E-state index is 0.0781. The van der Waals surface area contributed by atoms with Crippen molar-refractivity contribution < 1.29 is 47.8 Å². The van der Waals surface area contributed by atoms with Gasteiger partial charge >= 0.3 is 19.8 Å². The molecule has 0 aliphatic rings. The van der Waals surface area contributed by atoms with Crippen molar-refractivity contribution in [2.45, 2.75) is 128 Å². The van der Waals surface area contributed by atoms with E-state index in [1.165, 1.54) is 63.9 Å². The number of carbonyl (C=O) groups is 3. The molecular formula is C27H49O10P. The molecule has 2 atom stereocenters. The van der Waals surface area contributed by atoms with E-state index in [0.29, 0.717) is 12.7 Å². The van der Waals surface area contributed by atoms with Crippen molar-refractivity contribution in [2.24, 2.45) is 0 Å².